The van der Waals surface area contributed by atoms with Crippen molar-refractivity contribution in [1.29, 1.82) is 0 Å². The molecule has 1 atom stereocenters. The Balaban J connectivity index is 4.30. The van der Waals surface area contributed by atoms with E-state index in [0.29, 0.717) is 5.92 Å². The SMILES string of the molecule is CCCCC/C=C\C/C=C\CCCCCCCCC(CCCCCCCCCC)CO/C=C/C(C)(C)CC(C)(C)N(C)C. The van der Waals surface area contributed by atoms with Crippen LogP contribution in [-0.4, -0.2) is 31.1 Å². The third-order valence-electron chi connectivity index (χ3n) is 9.33. The van der Waals surface area contributed by atoms with Crippen LogP contribution >= 0.6 is 0 Å². The summed E-state index contributed by atoms with van der Waals surface area (Å²) in [6.07, 6.45) is 44.6. The number of unbranched alkanes of at least 4 members (excludes halogenated alkanes) is 16. The summed E-state index contributed by atoms with van der Waals surface area (Å²) in [7, 11) is 4.36. The molecule has 2 heteroatoms. The molecule has 43 heavy (non-hydrogen) atoms. The molecule has 0 N–H and O–H groups in total. The van der Waals surface area contributed by atoms with Crippen LogP contribution in [0.4, 0.5) is 0 Å². The van der Waals surface area contributed by atoms with E-state index in [9.17, 15) is 0 Å². The van der Waals surface area contributed by atoms with E-state index in [4.69, 9.17) is 4.74 Å². The van der Waals surface area contributed by atoms with Gasteiger partial charge >= 0.3 is 0 Å². The van der Waals surface area contributed by atoms with Gasteiger partial charge in [-0.25, -0.2) is 0 Å². The number of allylic oxidation sites excluding steroid dienone is 5. The Hall–Kier alpha value is -1.02. The summed E-state index contributed by atoms with van der Waals surface area (Å²) in [5.41, 5.74) is 0.302. The van der Waals surface area contributed by atoms with Crippen molar-refractivity contribution < 1.29 is 4.74 Å². The first-order valence-corrected chi connectivity index (χ1v) is 18.9. The van der Waals surface area contributed by atoms with Crippen LogP contribution in [0.25, 0.3) is 0 Å². The normalized spacial score (nSPS) is 13.8. The van der Waals surface area contributed by atoms with E-state index >= 15 is 0 Å². The highest BCUT2D eigenvalue weighted by Crippen LogP contribution is 2.32. The van der Waals surface area contributed by atoms with Gasteiger partial charge in [0, 0.05) is 5.54 Å². The van der Waals surface area contributed by atoms with Crippen LogP contribution in [0.15, 0.2) is 36.6 Å². The molecular formula is C41H79NO. The molecule has 0 saturated heterocycles. The zero-order valence-corrected chi connectivity index (χ0v) is 30.9. The second kappa shape index (κ2) is 28.5. The van der Waals surface area contributed by atoms with Crippen LogP contribution < -0.4 is 0 Å². The maximum Gasteiger partial charge on any atom is 0.0901 e. The Morgan fingerprint density at radius 2 is 1.02 bits per heavy atom. The number of nitrogens with zero attached hydrogens (tertiary/aromatic N) is 1. The minimum absolute atomic E-state index is 0.127. The molecule has 0 saturated carbocycles. The fraction of sp³-hybridized carbons (Fsp3) is 0.854. The fourth-order valence-corrected chi connectivity index (χ4v) is 6.06. The van der Waals surface area contributed by atoms with Gasteiger partial charge in [-0.05, 0) is 96.7 Å². The highest BCUT2D eigenvalue weighted by molar-refractivity contribution is 4.97. The topological polar surface area (TPSA) is 12.5 Å². The van der Waals surface area contributed by atoms with Crippen molar-refractivity contribution in [3.05, 3.63) is 36.6 Å². The summed E-state index contributed by atoms with van der Waals surface area (Å²) in [6.45, 7) is 14.8. The zero-order valence-electron chi connectivity index (χ0n) is 30.9. The first kappa shape index (κ1) is 42.0. The Labute approximate surface area is 272 Å². The van der Waals surface area contributed by atoms with Crippen LogP contribution in [-0.2, 0) is 4.74 Å². The summed E-state index contributed by atoms with van der Waals surface area (Å²) in [4.78, 5) is 2.33. The largest absolute Gasteiger partial charge is 0.501 e. The molecule has 0 aliphatic heterocycles. The Morgan fingerprint density at radius 3 is 1.53 bits per heavy atom. The van der Waals surface area contributed by atoms with Crippen LogP contribution in [0, 0.1) is 11.3 Å². The Kier molecular flexibility index (Phi) is 27.8. The average molecular weight is 602 g/mol. The third-order valence-corrected chi connectivity index (χ3v) is 9.33. The van der Waals surface area contributed by atoms with Crippen LogP contribution in [0.2, 0.25) is 0 Å². The van der Waals surface area contributed by atoms with Gasteiger partial charge in [0.2, 0.25) is 0 Å². The van der Waals surface area contributed by atoms with Gasteiger partial charge in [-0.1, -0.05) is 148 Å². The predicted molar refractivity (Wildman–Crippen MR) is 196 cm³/mol. The maximum atomic E-state index is 6.20. The second-order valence-electron chi connectivity index (χ2n) is 15.0. The van der Waals surface area contributed by atoms with Gasteiger partial charge in [0.1, 0.15) is 0 Å². The number of hydrogen-bond donors (Lipinski definition) is 0. The van der Waals surface area contributed by atoms with E-state index in [-0.39, 0.29) is 11.0 Å². The summed E-state index contributed by atoms with van der Waals surface area (Å²) < 4.78 is 6.20. The van der Waals surface area contributed by atoms with E-state index in [1.807, 2.05) is 6.26 Å². The molecule has 0 radical (unpaired) electrons. The lowest BCUT2D eigenvalue weighted by Crippen LogP contribution is -2.41. The van der Waals surface area contributed by atoms with Crippen molar-refractivity contribution in [3.63, 3.8) is 0 Å². The predicted octanol–water partition coefficient (Wildman–Crippen LogP) is 13.6. The van der Waals surface area contributed by atoms with Crippen molar-refractivity contribution in [1.82, 2.24) is 4.90 Å². The minimum Gasteiger partial charge on any atom is -0.501 e. The standard InChI is InChI=1S/C41H79NO/c1-9-11-13-15-17-19-20-21-22-23-24-25-26-28-30-32-34-39(33-31-29-27-18-16-14-12-10-2)37-43-36-35-40(3,4)38-41(5,6)42(7)8/h17,19,21-22,35-36,39H,9-16,18,20,23-34,37-38H2,1-8H3/b19-17-,22-21-,36-35+. The van der Waals surface area contributed by atoms with Crippen LogP contribution in [0.1, 0.15) is 189 Å². The molecule has 254 valence electrons. The first-order valence-electron chi connectivity index (χ1n) is 18.9. The summed E-state index contributed by atoms with van der Waals surface area (Å²) >= 11 is 0. The molecule has 0 amide bonds. The van der Waals surface area contributed by atoms with Crippen molar-refractivity contribution in [3.8, 4) is 0 Å². The van der Waals surface area contributed by atoms with Crippen molar-refractivity contribution >= 4 is 0 Å². The van der Waals surface area contributed by atoms with E-state index in [0.717, 1.165) is 19.4 Å². The second-order valence-corrected chi connectivity index (χ2v) is 15.0. The summed E-state index contributed by atoms with van der Waals surface area (Å²) in [5, 5.41) is 0. The molecule has 0 heterocycles. The lowest BCUT2D eigenvalue weighted by molar-refractivity contribution is 0.136. The van der Waals surface area contributed by atoms with E-state index in [1.165, 1.54) is 135 Å². The summed E-state index contributed by atoms with van der Waals surface area (Å²) in [6, 6.07) is 0. The molecular weight excluding hydrogens is 522 g/mol. The molecule has 0 aliphatic carbocycles. The van der Waals surface area contributed by atoms with Gasteiger partial charge in [-0.3, -0.25) is 0 Å². The quantitative estimate of drug-likeness (QED) is 0.0445. The third kappa shape index (κ3) is 28.2. The Bertz CT molecular complexity index is 671. The molecule has 0 spiro atoms. The van der Waals surface area contributed by atoms with Gasteiger partial charge in [0.05, 0.1) is 12.9 Å². The molecule has 0 aromatic carbocycles. The van der Waals surface area contributed by atoms with E-state index in [1.54, 1.807) is 0 Å². The molecule has 0 aromatic heterocycles. The highest BCUT2D eigenvalue weighted by Gasteiger charge is 2.28. The van der Waals surface area contributed by atoms with Crippen molar-refractivity contribution in [2.75, 3.05) is 20.7 Å². The summed E-state index contributed by atoms with van der Waals surface area (Å²) in [5.74, 6) is 0.705. The number of ether oxygens (including phenoxy) is 1. The zero-order chi connectivity index (χ0) is 32.1. The van der Waals surface area contributed by atoms with Gasteiger partial charge in [-0.2, -0.15) is 0 Å². The molecule has 0 rings (SSSR count). The van der Waals surface area contributed by atoms with Crippen molar-refractivity contribution in [2.24, 2.45) is 11.3 Å². The van der Waals surface area contributed by atoms with Crippen molar-refractivity contribution in [2.45, 2.75) is 195 Å². The lowest BCUT2D eigenvalue weighted by atomic mass is 9.79. The maximum absolute atomic E-state index is 6.20. The molecule has 0 aromatic rings. The number of hydrogen-bond acceptors (Lipinski definition) is 2. The van der Waals surface area contributed by atoms with E-state index < -0.39 is 0 Å². The highest BCUT2D eigenvalue weighted by atomic mass is 16.5. The van der Waals surface area contributed by atoms with Gasteiger partial charge in [0.15, 0.2) is 0 Å². The molecule has 0 fully saturated rings. The smallest absolute Gasteiger partial charge is 0.0901 e. The monoisotopic (exact) mass is 602 g/mol. The lowest BCUT2D eigenvalue weighted by Gasteiger charge is -2.38. The van der Waals surface area contributed by atoms with Gasteiger partial charge in [-0.15, -0.1) is 0 Å². The molecule has 1 unspecified atom stereocenters. The molecule has 2 nitrogen and oxygen atoms in total. The van der Waals surface area contributed by atoms with Crippen LogP contribution in [0.5, 0.6) is 0 Å². The van der Waals surface area contributed by atoms with Gasteiger partial charge in [0.25, 0.3) is 0 Å². The average Bonchev–Trinajstić information content (AvgIpc) is 2.95. The van der Waals surface area contributed by atoms with E-state index in [2.05, 4.69) is 90.9 Å². The molecule has 0 aliphatic rings. The molecule has 0 bridgehead atoms. The minimum atomic E-state index is 0.127. The Morgan fingerprint density at radius 1 is 0.581 bits per heavy atom. The number of rotatable bonds is 31. The fourth-order valence-electron chi connectivity index (χ4n) is 6.06. The van der Waals surface area contributed by atoms with Crippen LogP contribution in [0.3, 0.4) is 0 Å². The van der Waals surface area contributed by atoms with Gasteiger partial charge < -0.3 is 9.64 Å². The first-order chi connectivity index (χ1) is 20.6.